The molecule has 0 saturated heterocycles. The van der Waals surface area contributed by atoms with Crippen molar-refractivity contribution >= 4 is 11.6 Å². The molecule has 3 heterocycles. The van der Waals surface area contributed by atoms with Crippen LogP contribution in [0.15, 0.2) is 24.5 Å². The van der Waals surface area contributed by atoms with Crippen LogP contribution in [-0.4, -0.2) is 39.9 Å². The number of aromatic amines is 1. The standard InChI is InChI=1S/C19H21N5O3/c1-24-10-11-5-4-6-13-16(17(11)23-24)12(9-20-13)18(25)21-14-7-8-15(26-2)22-19(14)27-3/h7-10,20H,4-6H2,1-3H3,(H,21,25). The summed E-state index contributed by atoms with van der Waals surface area (Å²) in [5.41, 5.74) is 4.99. The highest BCUT2D eigenvalue weighted by Crippen LogP contribution is 2.34. The fraction of sp³-hybridized carbons (Fsp3) is 0.316. The summed E-state index contributed by atoms with van der Waals surface area (Å²) in [7, 11) is 4.92. The van der Waals surface area contributed by atoms with Crippen LogP contribution >= 0.6 is 0 Å². The Balaban J connectivity index is 1.71. The van der Waals surface area contributed by atoms with E-state index >= 15 is 0 Å². The van der Waals surface area contributed by atoms with E-state index in [1.807, 2.05) is 13.2 Å². The number of fused-ring (bicyclic) bond motifs is 3. The fourth-order valence-electron chi connectivity index (χ4n) is 3.48. The molecule has 27 heavy (non-hydrogen) atoms. The second kappa shape index (κ2) is 6.79. The van der Waals surface area contributed by atoms with E-state index < -0.39 is 0 Å². The van der Waals surface area contributed by atoms with Crippen LogP contribution in [0, 0.1) is 0 Å². The van der Waals surface area contributed by atoms with E-state index in [4.69, 9.17) is 9.47 Å². The molecule has 0 fully saturated rings. The van der Waals surface area contributed by atoms with E-state index in [0.29, 0.717) is 23.0 Å². The summed E-state index contributed by atoms with van der Waals surface area (Å²) in [5, 5.41) is 7.48. The first-order chi connectivity index (χ1) is 13.1. The van der Waals surface area contributed by atoms with Crippen LogP contribution in [-0.2, 0) is 19.9 Å². The van der Waals surface area contributed by atoms with Gasteiger partial charge in [0, 0.05) is 36.8 Å². The van der Waals surface area contributed by atoms with Crippen molar-refractivity contribution in [3.63, 3.8) is 0 Å². The molecule has 0 unspecified atom stereocenters. The number of amides is 1. The van der Waals surface area contributed by atoms with E-state index in [-0.39, 0.29) is 5.91 Å². The van der Waals surface area contributed by atoms with Gasteiger partial charge in [0.15, 0.2) is 0 Å². The lowest BCUT2D eigenvalue weighted by Gasteiger charge is -2.11. The third-order valence-electron chi connectivity index (χ3n) is 4.71. The van der Waals surface area contributed by atoms with E-state index in [0.717, 1.165) is 41.8 Å². The number of aryl methyl sites for hydroxylation is 3. The molecule has 1 aliphatic carbocycles. The van der Waals surface area contributed by atoms with Crippen LogP contribution in [0.25, 0.3) is 11.3 Å². The molecule has 0 atom stereocenters. The van der Waals surface area contributed by atoms with Gasteiger partial charge in [-0.15, -0.1) is 0 Å². The van der Waals surface area contributed by atoms with Gasteiger partial charge < -0.3 is 19.8 Å². The van der Waals surface area contributed by atoms with E-state index in [1.165, 1.54) is 14.2 Å². The third kappa shape index (κ3) is 3.03. The highest BCUT2D eigenvalue weighted by atomic mass is 16.5. The number of rotatable bonds is 4. The maximum atomic E-state index is 13.0. The highest BCUT2D eigenvalue weighted by Gasteiger charge is 2.26. The second-order valence-corrected chi connectivity index (χ2v) is 6.45. The van der Waals surface area contributed by atoms with E-state index in [1.54, 1.807) is 23.0 Å². The number of nitrogens with zero attached hydrogens (tertiary/aromatic N) is 3. The monoisotopic (exact) mass is 367 g/mol. The van der Waals surface area contributed by atoms with Crippen molar-refractivity contribution in [2.75, 3.05) is 19.5 Å². The number of methoxy groups -OCH3 is 2. The Bertz CT molecular complexity index is 1000. The van der Waals surface area contributed by atoms with Gasteiger partial charge in [0.05, 0.1) is 25.5 Å². The molecule has 8 heteroatoms. The maximum absolute atomic E-state index is 13.0. The average molecular weight is 367 g/mol. The number of hydrogen-bond donors (Lipinski definition) is 2. The molecular formula is C19H21N5O3. The molecule has 0 saturated carbocycles. The molecule has 0 bridgehead atoms. The van der Waals surface area contributed by atoms with Crippen molar-refractivity contribution in [2.24, 2.45) is 7.05 Å². The SMILES string of the molecule is COc1ccc(NC(=O)c2c[nH]c3c2-c2nn(C)cc2CCC3)c(OC)n1. The molecule has 0 aromatic carbocycles. The molecule has 1 amide bonds. The van der Waals surface area contributed by atoms with Crippen LogP contribution in [0.4, 0.5) is 5.69 Å². The van der Waals surface area contributed by atoms with E-state index in [2.05, 4.69) is 20.4 Å². The molecule has 3 aromatic rings. The van der Waals surface area contributed by atoms with Gasteiger partial charge in [-0.25, -0.2) is 0 Å². The van der Waals surface area contributed by atoms with Gasteiger partial charge >= 0.3 is 0 Å². The Morgan fingerprint density at radius 1 is 1.26 bits per heavy atom. The fourth-order valence-corrected chi connectivity index (χ4v) is 3.48. The Labute approximate surface area is 156 Å². The van der Waals surface area contributed by atoms with Crippen molar-refractivity contribution in [1.82, 2.24) is 19.7 Å². The molecule has 1 aliphatic rings. The molecule has 2 N–H and O–H groups in total. The summed E-state index contributed by atoms with van der Waals surface area (Å²) in [6, 6.07) is 3.38. The van der Waals surface area contributed by atoms with Gasteiger partial charge in [0.25, 0.3) is 5.91 Å². The number of nitrogens with one attached hydrogen (secondary N) is 2. The molecule has 4 rings (SSSR count). The highest BCUT2D eigenvalue weighted by molar-refractivity contribution is 6.09. The molecule has 140 valence electrons. The van der Waals surface area contributed by atoms with Crippen molar-refractivity contribution in [3.05, 3.63) is 41.3 Å². The summed E-state index contributed by atoms with van der Waals surface area (Å²) in [4.78, 5) is 20.5. The quantitative estimate of drug-likeness (QED) is 0.739. The van der Waals surface area contributed by atoms with Crippen LogP contribution in [0.5, 0.6) is 11.8 Å². The predicted molar refractivity (Wildman–Crippen MR) is 100 cm³/mol. The zero-order chi connectivity index (χ0) is 19.0. The number of H-pyrrole nitrogens is 1. The number of aromatic nitrogens is 4. The van der Waals surface area contributed by atoms with Gasteiger partial charge in [-0.2, -0.15) is 10.1 Å². The van der Waals surface area contributed by atoms with E-state index in [9.17, 15) is 4.79 Å². The summed E-state index contributed by atoms with van der Waals surface area (Å²) in [6.07, 6.45) is 6.62. The van der Waals surface area contributed by atoms with Gasteiger partial charge in [-0.05, 0) is 30.9 Å². The molecule has 3 aromatic heterocycles. The Morgan fingerprint density at radius 3 is 2.89 bits per heavy atom. The van der Waals surface area contributed by atoms with Crippen LogP contribution in [0.1, 0.15) is 28.0 Å². The number of ether oxygens (including phenoxy) is 2. The number of carbonyl (C=O) groups is 1. The van der Waals surface area contributed by atoms with Gasteiger partial charge in [-0.1, -0.05) is 0 Å². The molecule has 0 aliphatic heterocycles. The predicted octanol–water partition coefficient (Wildman–Crippen LogP) is 2.57. The van der Waals surface area contributed by atoms with Crippen LogP contribution < -0.4 is 14.8 Å². The Kier molecular flexibility index (Phi) is 4.31. The first-order valence-electron chi connectivity index (χ1n) is 8.74. The van der Waals surface area contributed by atoms with Crippen LogP contribution in [0.3, 0.4) is 0 Å². The van der Waals surface area contributed by atoms with Crippen molar-refractivity contribution in [2.45, 2.75) is 19.3 Å². The molecule has 0 radical (unpaired) electrons. The van der Waals surface area contributed by atoms with Crippen molar-refractivity contribution in [3.8, 4) is 23.0 Å². The van der Waals surface area contributed by atoms with Gasteiger partial charge in [-0.3, -0.25) is 9.48 Å². The maximum Gasteiger partial charge on any atom is 0.258 e. The van der Waals surface area contributed by atoms with Crippen molar-refractivity contribution in [1.29, 1.82) is 0 Å². The Morgan fingerprint density at radius 2 is 2.11 bits per heavy atom. The third-order valence-corrected chi connectivity index (χ3v) is 4.71. The number of anilines is 1. The molecule has 8 nitrogen and oxygen atoms in total. The number of hydrogen-bond acceptors (Lipinski definition) is 5. The van der Waals surface area contributed by atoms with Gasteiger partial charge in [0.2, 0.25) is 11.8 Å². The van der Waals surface area contributed by atoms with Crippen molar-refractivity contribution < 1.29 is 14.3 Å². The minimum atomic E-state index is -0.240. The minimum Gasteiger partial charge on any atom is -0.481 e. The topological polar surface area (TPSA) is 94.1 Å². The average Bonchev–Trinajstić information content (AvgIpc) is 3.21. The first kappa shape index (κ1) is 17.1. The lowest BCUT2D eigenvalue weighted by Crippen LogP contribution is -2.14. The Hall–Kier alpha value is -3.29. The smallest absolute Gasteiger partial charge is 0.258 e. The summed E-state index contributed by atoms with van der Waals surface area (Å²) < 4.78 is 12.2. The molecular weight excluding hydrogens is 346 g/mol. The van der Waals surface area contributed by atoms with Crippen LogP contribution in [0.2, 0.25) is 0 Å². The number of pyridine rings is 1. The summed E-state index contributed by atoms with van der Waals surface area (Å²) in [5.74, 6) is 0.470. The second-order valence-electron chi connectivity index (χ2n) is 6.45. The normalized spacial score (nSPS) is 12.7. The lowest BCUT2D eigenvalue weighted by molar-refractivity contribution is 0.102. The zero-order valence-electron chi connectivity index (χ0n) is 15.5. The number of carbonyl (C=O) groups excluding carboxylic acids is 1. The minimum absolute atomic E-state index is 0.240. The summed E-state index contributed by atoms with van der Waals surface area (Å²) >= 11 is 0. The lowest BCUT2D eigenvalue weighted by atomic mass is 10.0. The summed E-state index contributed by atoms with van der Waals surface area (Å²) in [6.45, 7) is 0. The first-order valence-corrected chi connectivity index (χ1v) is 8.74. The van der Waals surface area contributed by atoms with Gasteiger partial charge in [0.1, 0.15) is 5.69 Å². The largest absolute Gasteiger partial charge is 0.481 e. The molecule has 0 spiro atoms. The zero-order valence-corrected chi connectivity index (χ0v) is 15.5.